The minimum atomic E-state index is 0.851. The second-order valence-corrected chi connectivity index (χ2v) is 4.88. The van der Waals surface area contributed by atoms with Crippen molar-refractivity contribution < 1.29 is 4.84 Å². The SMILES string of the molecule is CC.CON.Cc1ccc(CCCCCCCCN)cc1. The summed E-state index contributed by atoms with van der Waals surface area (Å²) in [6, 6.07) is 8.92. The molecule has 3 heteroatoms. The van der Waals surface area contributed by atoms with E-state index in [1.807, 2.05) is 13.8 Å². The summed E-state index contributed by atoms with van der Waals surface area (Å²) in [6.07, 6.45) is 9.14. The van der Waals surface area contributed by atoms with Gasteiger partial charge in [-0.05, 0) is 38.3 Å². The maximum Gasteiger partial charge on any atom is 0.0569 e. The molecule has 0 atom stereocenters. The van der Waals surface area contributed by atoms with Crippen LogP contribution in [-0.4, -0.2) is 13.7 Å². The molecule has 0 bridgehead atoms. The van der Waals surface area contributed by atoms with Gasteiger partial charge in [-0.1, -0.05) is 69.4 Å². The first-order chi connectivity index (χ1) is 10.2. The summed E-state index contributed by atoms with van der Waals surface area (Å²) < 4.78 is 0. The molecule has 0 aliphatic carbocycles. The molecule has 0 radical (unpaired) electrons. The molecule has 0 amide bonds. The molecule has 1 aromatic rings. The summed E-state index contributed by atoms with van der Waals surface area (Å²) in [4.78, 5) is 3.75. The lowest BCUT2D eigenvalue weighted by Crippen LogP contribution is -1.97. The highest BCUT2D eigenvalue weighted by Gasteiger charge is 1.94. The molecule has 3 nitrogen and oxygen atoms in total. The minimum Gasteiger partial charge on any atom is -0.330 e. The standard InChI is InChI=1S/C15H25N.C2H6.CH5NO/c1-14-9-11-15(12-10-14)8-6-4-2-3-5-7-13-16;1-2;1-3-2/h9-12H,2-8,13,16H2,1H3;1-2H3;2H2,1H3. The smallest absolute Gasteiger partial charge is 0.0569 e. The Morgan fingerprint density at radius 2 is 1.29 bits per heavy atom. The van der Waals surface area contributed by atoms with Crippen molar-refractivity contribution in [2.24, 2.45) is 11.6 Å². The van der Waals surface area contributed by atoms with Crippen molar-refractivity contribution in [3.63, 3.8) is 0 Å². The van der Waals surface area contributed by atoms with Gasteiger partial charge in [0, 0.05) is 0 Å². The fourth-order valence-corrected chi connectivity index (χ4v) is 1.94. The van der Waals surface area contributed by atoms with E-state index in [4.69, 9.17) is 5.73 Å². The van der Waals surface area contributed by atoms with Gasteiger partial charge in [0.15, 0.2) is 0 Å². The largest absolute Gasteiger partial charge is 0.330 e. The van der Waals surface area contributed by atoms with Crippen molar-refractivity contribution in [2.75, 3.05) is 13.7 Å². The molecule has 0 saturated carbocycles. The molecule has 1 aromatic carbocycles. The van der Waals surface area contributed by atoms with Crippen molar-refractivity contribution in [1.29, 1.82) is 0 Å². The number of aryl methyl sites for hydroxylation is 2. The Kier molecular flexibility index (Phi) is 20.4. The monoisotopic (exact) mass is 296 g/mol. The minimum absolute atomic E-state index is 0.851. The zero-order valence-electron chi connectivity index (χ0n) is 14.5. The highest BCUT2D eigenvalue weighted by molar-refractivity contribution is 5.21. The quantitative estimate of drug-likeness (QED) is 0.553. The Hall–Kier alpha value is -0.900. The summed E-state index contributed by atoms with van der Waals surface area (Å²) in [6.45, 7) is 6.99. The lowest BCUT2D eigenvalue weighted by Gasteiger charge is -2.02. The number of hydrogen-bond donors (Lipinski definition) is 2. The van der Waals surface area contributed by atoms with E-state index in [-0.39, 0.29) is 0 Å². The second-order valence-electron chi connectivity index (χ2n) is 4.88. The number of nitrogens with two attached hydrogens (primary N) is 2. The van der Waals surface area contributed by atoms with Gasteiger partial charge in [0.2, 0.25) is 0 Å². The zero-order chi connectivity index (χ0) is 16.3. The highest BCUT2D eigenvalue weighted by atomic mass is 16.6. The molecule has 0 saturated heterocycles. The predicted molar refractivity (Wildman–Crippen MR) is 94.2 cm³/mol. The van der Waals surface area contributed by atoms with Crippen LogP contribution in [0.15, 0.2) is 24.3 Å². The maximum absolute atomic E-state index is 5.46. The Labute approximate surface area is 132 Å². The molecule has 1 rings (SSSR count). The third kappa shape index (κ3) is 17.0. The molecule has 0 aromatic heterocycles. The third-order valence-corrected chi connectivity index (χ3v) is 3.04. The Morgan fingerprint density at radius 3 is 1.76 bits per heavy atom. The van der Waals surface area contributed by atoms with E-state index in [0.717, 1.165) is 6.54 Å². The van der Waals surface area contributed by atoms with Gasteiger partial charge in [-0.15, -0.1) is 0 Å². The van der Waals surface area contributed by atoms with E-state index in [1.54, 1.807) is 0 Å². The van der Waals surface area contributed by atoms with Crippen molar-refractivity contribution in [2.45, 2.75) is 65.7 Å². The van der Waals surface area contributed by atoms with E-state index in [9.17, 15) is 0 Å². The van der Waals surface area contributed by atoms with Gasteiger partial charge in [0.25, 0.3) is 0 Å². The summed E-state index contributed by atoms with van der Waals surface area (Å²) in [5, 5.41) is 0. The van der Waals surface area contributed by atoms with E-state index in [1.165, 1.54) is 63.2 Å². The summed E-state index contributed by atoms with van der Waals surface area (Å²) in [5.41, 5.74) is 8.29. The Morgan fingerprint density at radius 1 is 0.857 bits per heavy atom. The first-order valence-electron chi connectivity index (χ1n) is 8.23. The lowest BCUT2D eigenvalue weighted by atomic mass is 10.0. The fourth-order valence-electron chi connectivity index (χ4n) is 1.94. The van der Waals surface area contributed by atoms with Crippen LogP contribution in [0.2, 0.25) is 0 Å². The molecule has 124 valence electrons. The van der Waals surface area contributed by atoms with Crippen LogP contribution in [0.25, 0.3) is 0 Å². The fraction of sp³-hybridized carbons (Fsp3) is 0.667. The number of benzene rings is 1. The number of rotatable bonds is 8. The molecule has 4 N–H and O–H groups in total. The van der Waals surface area contributed by atoms with Crippen LogP contribution >= 0.6 is 0 Å². The Balaban J connectivity index is 0. The van der Waals surface area contributed by atoms with Gasteiger partial charge >= 0.3 is 0 Å². The predicted octanol–water partition coefficient (Wildman–Crippen LogP) is 4.37. The van der Waals surface area contributed by atoms with E-state index >= 15 is 0 Å². The van der Waals surface area contributed by atoms with Crippen molar-refractivity contribution in [1.82, 2.24) is 0 Å². The summed E-state index contributed by atoms with van der Waals surface area (Å²) in [7, 11) is 1.40. The van der Waals surface area contributed by atoms with Gasteiger partial charge < -0.3 is 10.6 Å². The van der Waals surface area contributed by atoms with Crippen LogP contribution in [0.1, 0.15) is 63.5 Å². The summed E-state index contributed by atoms with van der Waals surface area (Å²) >= 11 is 0. The van der Waals surface area contributed by atoms with Crippen LogP contribution in [0.5, 0.6) is 0 Å². The number of hydrogen-bond acceptors (Lipinski definition) is 3. The third-order valence-electron chi connectivity index (χ3n) is 3.04. The van der Waals surface area contributed by atoms with Crippen molar-refractivity contribution in [3.05, 3.63) is 35.4 Å². The average molecular weight is 296 g/mol. The lowest BCUT2D eigenvalue weighted by molar-refractivity contribution is 0.206. The van der Waals surface area contributed by atoms with Crippen LogP contribution < -0.4 is 11.6 Å². The van der Waals surface area contributed by atoms with E-state index in [2.05, 4.69) is 41.9 Å². The van der Waals surface area contributed by atoms with Gasteiger partial charge in [-0.25, -0.2) is 5.90 Å². The molecule has 21 heavy (non-hydrogen) atoms. The average Bonchev–Trinajstić information content (AvgIpc) is 2.51. The highest BCUT2D eigenvalue weighted by Crippen LogP contribution is 2.10. The van der Waals surface area contributed by atoms with Gasteiger partial charge in [0.1, 0.15) is 0 Å². The molecule has 0 spiro atoms. The van der Waals surface area contributed by atoms with Gasteiger partial charge in [-0.2, -0.15) is 0 Å². The van der Waals surface area contributed by atoms with Gasteiger partial charge in [0.05, 0.1) is 7.11 Å². The van der Waals surface area contributed by atoms with E-state index < -0.39 is 0 Å². The Bertz CT molecular complexity index is 286. The van der Waals surface area contributed by atoms with Crippen LogP contribution in [0, 0.1) is 6.92 Å². The second kappa shape index (κ2) is 19.1. The normalized spacial score (nSPS) is 9.24. The molecule has 0 heterocycles. The van der Waals surface area contributed by atoms with Gasteiger partial charge in [-0.3, -0.25) is 0 Å². The molecular weight excluding hydrogens is 260 g/mol. The topological polar surface area (TPSA) is 61.3 Å². The first-order valence-corrected chi connectivity index (χ1v) is 8.23. The molecule has 0 unspecified atom stereocenters. The van der Waals surface area contributed by atoms with Crippen LogP contribution in [0.4, 0.5) is 0 Å². The molecule has 0 fully saturated rings. The number of unbranched alkanes of at least 4 members (excludes halogenated alkanes) is 5. The summed E-state index contributed by atoms with van der Waals surface area (Å²) in [5.74, 6) is 4.35. The van der Waals surface area contributed by atoms with E-state index in [0.29, 0.717) is 0 Å². The van der Waals surface area contributed by atoms with Crippen LogP contribution in [-0.2, 0) is 11.3 Å². The van der Waals surface area contributed by atoms with Crippen molar-refractivity contribution >= 4 is 0 Å². The maximum atomic E-state index is 5.46. The first kappa shape index (κ1) is 22.4. The van der Waals surface area contributed by atoms with Crippen molar-refractivity contribution in [3.8, 4) is 0 Å². The molecule has 0 aliphatic rings. The molecular formula is C18H36N2O. The molecule has 0 aliphatic heterocycles. The van der Waals surface area contributed by atoms with Crippen LogP contribution in [0.3, 0.4) is 0 Å². The zero-order valence-corrected chi connectivity index (χ0v) is 14.5.